The second kappa shape index (κ2) is 6.66. The van der Waals surface area contributed by atoms with Gasteiger partial charge in [-0.2, -0.15) is 9.61 Å². The van der Waals surface area contributed by atoms with Gasteiger partial charge in [0.05, 0.1) is 5.52 Å². The number of hydrogen-bond acceptors (Lipinski definition) is 7. The number of amides is 1. The molecule has 5 rings (SSSR count). The van der Waals surface area contributed by atoms with Gasteiger partial charge in [-0.05, 0) is 23.7 Å². The van der Waals surface area contributed by atoms with E-state index in [0.717, 1.165) is 4.68 Å². The molecule has 0 saturated heterocycles. The number of rotatable bonds is 4. The average Bonchev–Trinajstić information content (AvgIpc) is 3.37. The minimum absolute atomic E-state index is 0.0236. The van der Waals surface area contributed by atoms with Crippen LogP contribution in [0.1, 0.15) is 25.6 Å². The average molecular weight is 427 g/mol. The van der Waals surface area contributed by atoms with Crippen molar-refractivity contribution in [3.8, 4) is 0 Å². The maximum Gasteiger partial charge on any atom is 0.291 e. The van der Waals surface area contributed by atoms with E-state index in [2.05, 4.69) is 25.7 Å². The topological polar surface area (TPSA) is 125 Å². The van der Waals surface area contributed by atoms with Gasteiger partial charge in [0.15, 0.2) is 22.3 Å². The third-order valence-corrected chi connectivity index (χ3v) is 4.79. The van der Waals surface area contributed by atoms with Crippen LogP contribution in [0.4, 0.5) is 5.82 Å². The number of nitrogens with zero attached hydrogens (tertiary/aromatic N) is 7. The lowest BCUT2D eigenvalue weighted by Crippen LogP contribution is -2.32. The summed E-state index contributed by atoms with van der Waals surface area (Å²) in [4.78, 5) is 25.5. The van der Waals surface area contributed by atoms with Gasteiger partial charge in [0.25, 0.3) is 5.56 Å². The van der Waals surface area contributed by atoms with E-state index < -0.39 is 11.5 Å². The molecule has 0 aromatic carbocycles. The molecule has 11 nitrogen and oxygen atoms in total. The molecule has 0 aliphatic rings. The lowest BCUT2D eigenvalue weighted by molar-refractivity contribution is -0.117. The molecule has 0 bridgehead atoms. The van der Waals surface area contributed by atoms with Gasteiger partial charge in [-0.15, -0.1) is 15.3 Å². The molecule has 0 aliphatic heterocycles. The summed E-state index contributed by atoms with van der Waals surface area (Å²) in [7, 11) is 0. The quantitative estimate of drug-likeness (QED) is 0.466. The summed E-state index contributed by atoms with van der Waals surface area (Å²) in [6.07, 6.45) is 1.43. The van der Waals surface area contributed by atoms with Crippen molar-refractivity contribution in [2.75, 3.05) is 5.32 Å². The zero-order valence-corrected chi connectivity index (χ0v) is 16.7. The fourth-order valence-corrected chi connectivity index (χ4v) is 3.49. The predicted octanol–water partition coefficient (Wildman–Crippen LogP) is 2.10. The Labute approximate surface area is 172 Å². The second-order valence-corrected chi connectivity index (χ2v) is 7.41. The summed E-state index contributed by atoms with van der Waals surface area (Å²) in [5, 5.41) is 19.1. The van der Waals surface area contributed by atoms with Crippen LogP contribution in [0.15, 0.2) is 39.8 Å². The van der Waals surface area contributed by atoms with Crippen LogP contribution in [0.3, 0.4) is 0 Å². The van der Waals surface area contributed by atoms with Gasteiger partial charge in [0.2, 0.25) is 5.91 Å². The van der Waals surface area contributed by atoms with Crippen molar-refractivity contribution < 1.29 is 9.21 Å². The Morgan fingerprint density at radius 3 is 2.87 bits per heavy atom. The van der Waals surface area contributed by atoms with E-state index in [0.29, 0.717) is 33.9 Å². The van der Waals surface area contributed by atoms with Crippen LogP contribution >= 0.6 is 11.6 Å². The Kier molecular flexibility index (Phi) is 4.07. The smallest absolute Gasteiger partial charge is 0.291 e. The number of hydrogen-bond donors (Lipinski definition) is 1. The zero-order chi connectivity index (χ0) is 21.0. The van der Waals surface area contributed by atoms with Gasteiger partial charge in [-0.25, -0.2) is 4.68 Å². The molecule has 5 aromatic rings. The highest BCUT2D eigenvalue weighted by Crippen LogP contribution is 2.27. The van der Waals surface area contributed by atoms with Gasteiger partial charge in [0.1, 0.15) is 24.2 Å². The van der Waals surface area contributed by atoms with Crippen molar-refractivity contribution in [3.05, 3.63) is 52.0 Å². The van der Waals surface area contributed by atoms with Crippen LogP contribution in [0.25, 0.3) is 22.3 Å². The third-order valence-electron chi connectivity index (χ3n) is 4.60. The maximum atomic E-state index is 13.0. The third kappa shape index (κ3) is 2.90. The van der Waals surface area contributed by atoms with Crippen LogP contribution < -0.4 is 10.9 Å². The van der Waals surface area contributed by atoms with Gasteiger partial charge < -0.3 is 9.73 Å². The number of fused-ring (bicyclic) bond motifs is 4. The number of carbonyl (C=O) groups excluding carboxylic acids is 1. The molecule has 1 N–H and O–H groups in total. The first-order valence-electron chi connectivity index (χ1n) is 9.09. The zero-order valence-electron chi connectivity index (χ0n) is 15.9. The molecule has 5 aromatic heterocycles. The van der Waals surface area contributed by atoms with E-state index in [1.165, 1.54) is 10.8 Å². The lowest BCUT2D eigenvalue weighted by Gasteiger charge is -2.13. The number of anilines is 1. The molecule has 0 spiro atoms. The number of furan rings is 1. The molecule has 0 saturated carbocycles. The van der Waals surface area contributed by atoms with E-state index in [1.807, 2.05) is 13.8 Å². The Morgan fingerprint density at radius 1 is 1.23 bits per heavy atom. The highest BCUT2D eigenvalue weighted by molar-refractivity contribution is 6.29. The minimum Gasteiger partial charge on any atom is -0.443 e. The number of carbonyl (C=O) groups is 1. The van der Waals surface area contributed by atoms with E-state index in [9.17, 15) is 9.59 Å². The van der Waals surface area contributed by atoms with Gasteiger partial charge >= 0.3 is 0 Å². The molecule has 0 aliphatic carbocycles. The molecule has 1 amide bonds. The predicted molar refractivity (Wildman–Crippen MR) is 108 cm³/mol. The summed E-state index contributed by atoms with van der Waals surface area (Å²) in [6.45, 7) is 3.62. The van der Waals surface area contributed by atoms with Crippen LogP contribution in [-0.2, 0) is 11.3 Å². The van der Waals surface area contributed by atoms with E-state index in [1.54, 1.807) is 28.7 Å². The van der Waals surface area contributed by atoms with Crippen molar-refractivity contribution in [2.24, 2.45) is 0 Å². The minimum atomic E-state index is -0.443. The molecule has 0 radical (unpaired) electrons. The number of aromatic nitrogens is 7. The van der Waals surface area contributed by atoms with E-state index in [-0.39, 0.29) is 17.7 Å². The van der Waals surface area contributed by atoms with Crippen molar-refractivity contribution >= 4 is 45.6 Å². The van der Waals surface area contributed by atoms with Crippen LogP contribution in [0.2, 0.25) is 5.22 Å². The first-order chi connectivity index (χ1) is 14.4. The van der Waals surface area contributed by atoms with Crippen molar-refractivity contribution in [2.45, 2.75) is 26.3 Å². The Bertz CT molecular complexity index is 1490. The molecule has 5 heterocycles. The van der Waals surface area contributed by atoms with Crippen molar-refractivity contribution in [3.63, 3.8) is 0 Å². The molecule has 0 unspecified atom stereocenters. The molecular formula is C18H15ClN8O3. The summed E-state index contributed by atoms with van der Waals surface area (Å²) in [5.41, 5.74) is 1.63. The molecule has 0 atom stereocenters. The van der Waals surface area contributed by atoms with Gasteiger partial charge in [-0.3, -0.25) is 14.0 Å². The van der Waals surface area contributed by atoms with Gasteiger partial charge in [-0.1, -0.05) is 13.8 Å². The first-order valence-corrected chi connectivity index (χ1v) is 9.47. The summed E-state index contributed by atoms with van der Waals surface area (Å²) in [5.74, 6) is 0.445. The van der Waals surface area contributed by atoms with Crippen LogP contribution in [-0.4, -0.2) is 39.9 Å². The number of nitrogens with one attached hydrogen (secondary N) is 1. The summed E-state index contributed by atoms with van der Waals surface area (Å²) < 4.78 is 9.73. The highest BCUT2D eigenvalue weighted by Gasteiger charge is 2.20. The number of halogens is 1. The Morgan fingerprint density at radius 2 is 2.07 bits per heavy atom. The Hall–Kier alpha value is -3.73. The van der Waals surface area contributed by atoms with Crippen LogP contribution in [0, 0.1) is 0 Å². The highest BCUT2D eigenvalue weighted by atomic mass is 35.5. The standard InChI is InChI=1S/C18H15ClN8O3/c1-9(2)17-24-25(18(29)11-5-12-10(27(11)17)6-13(19)30-12)7-16(28)21-14-3-4-15-22-20-8-26(15)23-14/h3-6,8-9H,7H2,1-2H3,(H,21,23,28). The maximum absolute atomic E-state index is 13.0. The SMILES string of the molecule is CC(C)c1nn(CC(=O)Nc2ccc3nncn3n2)c(=O)c2cc3oc(Cl)cc3n12. The van der Waals surface area contributed by atoms with Crippen molar-refractivity contribution in [1.29, 1.82) is 0 Å². The largest absolute Gasteiger partial charge is 0.443 e. The van der Waals surface area contributed by atoms with E-state index >= 15 is 0 Å². The fourth-order valence-electron chi connectivity index (χ4n) is 3.31. The summed E-state index contributed by atoms with van der Waals surface area (Å²) >= 11 is 5.95. The molecule has 152 valence electrons. The second-order valence-electron chi connectivity index (χ2n) is 7.04. The van der Waals surface area contributed by atoms with E-state index in [4.69, 9.17) is 16.0 Å². The van der Waals surface area contributed by atoms with Crippen molar-refractivity contribution in [1.82, 2.24) is 34.0 Å². The molecule has 0 fully saturated rings. The fraction of sp³-hybridized carbons (Fsp3) is 0.222. The normalized spacial score (nSPS) is 11.9. The lowest BCUT2D eigenvalue weighted by atomic mass is 10.2. The molecule has 30 heavy (non-hydrogen) atoms. The Balaban J connectivity index is 1.52. The summed E-state index contributed by atoms with van der Waals surface area (Å²) in [6, 6.07) is 6.52. The monoisotopic (exact) mass is 426 g/mol. The van der Waals surface area contributed by atoms with Gasteiger partial charge in [0, 0.05) is 18.1 Å². The van der Waals surface area contributed by atoms with Crippen LogP contribution in [0.5, 0.6) is 0 Å². The molecular weight excluding hydrogens is 412 g/mol. The first kappa shape index (κ1) is 18.3. The molecule has 12 heteroatoms.